The number of hydrogen-bond acceptors (Lipinski definition) is 4. The maximum Gasteiger partial charge on any atom is 0.226 e. The summed E-state index contributed by atoms with van der Waals surface area (Å²) in [5.41, 5.74) is 2.78. The SMILES string of the molecule is CCCOc1ccc(C2CC(=O)Nc3c2cnn3-c2ccc(Cl)cc2)cc1OC. The van der Waals surface area contributed by atoms with Crippen LogP contribution in [-0.2, 0) is 4.79 Å². The molecule has 1 unspecified atom stereocenters. The van der Waals surface area contributed by atoms with E-state index in [0.29, 0.717) is 35.4 Å². The second-order valence-electron chi connectivity index (χ2n) is 6.90. The summed E-state index contributed by atoms with van der Waals surface area (Å²) in [6.07, 6.45) is 3.07. The first-order valence-electron chi connectivity index (χ1n) is 9.55. The topological polar surface area (TPSA) is 65.4 Å². The van der Waals surface area contributed by atoms with E-state index in [1.54, 1.807) is 23.9 Å². The highest BCUT2D eigenvalue weighted by Gasteiger charge is 2.31. The number of benzene rings is 2. The molecule has 0 radical (unpaired) electrons. The summed E-state index contributed by atoms with van der Waals surface area (Å²) in [6.45, 7) is 2.68. The van der Waals surface area contributed by atoms with Gasteiger partial charge in [0.15, 0.2) is 11.5 Å². The second-order valence-corrected chi connectivity index (χ2v) is 7.34. The molecule has 29 heavy (non-hydrogen) atoms. The number of methoxy groups -OCH3 is 1. The van der Waals surface area contributed by atoms with Gasteiger partial charge in [-0.3, -0.25) is 4.79 Å². The van der Waals surface area contributed by atoms with Crippen LogP contribution in [0.15, 0.2) is 48.7 Å². The lowest BCUT2D eigenvalue weighted by molar-refractivity contribution is -0.116. The number of anilines is 1. The first-order valence-corrected chi connectivity index (χ1v) is 9.93. The monoisotopic (exact) mass is 411 g/mol. The molecule has 0 spiro atoms. The first-order chi connectivity index (χ1) is 14.1. The van der Waals surface area contributed by atoms with Crippen LogP contribution in [0, 0.1) is 0 Å². The predicted molar refractivity (Wildman–Crippen MR) is 112 cm³/mol. The molecule has 6 nitrogen and oxygen atoms in total. The zero-order chi connectivity index (χ0) is 20.4. The average Bonchev–Trinajstić information content (AvgIpc) is 3.15. The van der Waals surface area contributed by atoms with Crippen molar-refractivity contribution in [3.8, 4) is 17.2 Å². The van der Waals surface area contributed by atoms with Gasteiger partial charge in [0.1, 0.15) is 5.82 Å². The van der Waals surface area contributed by atoms with Gasteiger partial charge in [0, 0.05) is 22.9 Å². The number of hydrogen-bond donors (Lipinski definition) is 1. The minimum absolute atomic E-state index is 0.0523. The first kappa shape index (κ1) is 19.3. The fraction of sp³-hybridized carbons (Fsp3) is 0.273. The van der Waals surface area contributed by atoms with E-state index in [4.69, 9.17) is 21.1 Å². The molecule has 3 aromatic rings. The van der Waals surface area contributed by atoms with Crippen LogP contribution in [0.25, 0.3) is 5.69 Å². The average molecular weight is 412 g/mol. The highest BCUT2D eigenvalue weighted by Crippen LogP contribution is 2.40. The second kappa shape index (κ2) is 8.17. The zero-order valence-corrected chi connectivity index (χ0v) is 17.1. The summed E-state index contributed by atoms with van der Waals surface area (Å²) in [5.74, 6) is 1.88. The van der Waals surface area contributed by atoms with Crippen LogP contribution in [0.2, 0.25) is 5.02 Å². The molecule has 0 bridgehead atoms. The van der Waals surface area contributed by atoms with Gasteiger partial charge in [-0.1, -0.05) is 24.6 Å². The van der Waals surface area contributed by atoms with Crippen molar-refractivity contribution in [1.82, 2.24) is 9.78 Å². The number of rotatable bonds is 6. The fourth-order valence-corrected chi connectivity index (χ4v) is 3.65. The van der Waals surface area contributed by atoms with Gasteiger partial charge in [-0.2, -0.15) is 5.10 Å². The van der Waals surface area contributed by atoms with Gasteiger partial charge in [-0.15, -0.1) is 0 Å². The number of nitrogens with one attached hydrogen (secondary N) is 1. The van der Waals surface area contributed by atoms with Crippen molar-refractivity contribution in [2.75, 3.05) is 19.0 Å². The van der Waals surface area contributed by atoms with E-state index >= 15 is 0 Å². The number of halogens is 1. The fourth-order valence-electron chi connectivity index (χ4n) is 3.53. The van der Waals surface area contributed by atoms with Gasteiger partial charge < -0.3 is 14.8 Å². The van der Waals surface area contributed by atoms with Crippen LogP contribution in [-0.4, -0.2) is 29.4 Å². The van der Waals surface area contributed by atoms with Gasteiger partial charge in [0.2, 0.25) is 5.91 Å². The summed E-state index contributed by atoms with van der Waals surface area (Å²) in [6, 6.07) is 13.2. The van der Waals surface area contributed by atoms with Crippen molar-refractivity contribution in [3.05, 3.63) is 64.8 Å². The number of carbonyl (C=O) groups is 1. The van der Waals surface area contributed by atoms with E-state index in [0.717, 1.165) is 23.2 Å². The lowest BCUT2D eigenvalue weighted by atomic mass is 9.87. The Hall–Kier alpha value is -2.99. The highest BCUT2D eigenvalue weighted by atomic mass is 35.5. The van der Waals surface area contributed by atoms with Crippen molar-refractivity contribution in [2.24, 2.45) is 0 Å². The van der Waals surface area contributed by atoms with E-state index in [2.05, 4.69) is 17.3 Å². The predicted octanol–water partition coefficient (Wildman–Crippen LogP) is 4.80. The van der Waals surface area contributed by atoms with Gasteiger partial charge in [-0.25, -0.2) is 4.68 Å². The van der Waals surface area contributed by atoms with Crippen LogP contribution in [0.1, 0.15) is 36.8 Å². The lowest BCUT2D eigenvalue weighted by Gasteiger charge is -2.24. The van der Waals surface area contributed by atoms with E-state index in [1.165, 1.54) is 0 Å². The standard InChI is InChI=1S/C22H22ClN3O3/c1-3-10-29-19-9-4-14(11-20(19)28-2)17-12-21(27)25-22-18(17)13-24-26(22)16-7-5-15(23)6-8-16/h4-9,11,13,17H,3,10,12H2,1-2H3,(H,25,27). The Morgan fingerprint density at radius 1 is 1.21 bits per heavy atom. The zero-order valence-electron chi connectivity index (χ0n) is 16.3. The molecule has 1 aromatic heterocycles. The van der Waals surface area contributed by atoms with Gasteiger partial charge in [0.25, 0.3) is 0 Å². The van der Waals surface area contributed by atoms with E-state index < -0.39 is 0 Å². The molecule has 150 valence electrons. The smallest absolute Gasteiger partial charge is 0.226 e. The Balaban J connectivity index is 1.72. The minimum atomic E-state index is -0.117. The molecule has 4 rings (SSSR count). The van der Waals surface area contributed by atoms with E-state index in [9.17, 15) is 4.79 Å². The molecule has 1 N–H and O–H groups in total. The Kier molecular flexibility index (Phi) is 5.45. The number of amides is 1. The van der Waals surface area contributed by atoms with Crippen molar-refractivity contribution >= 4 is 23.3 Å². The largest absolute Gasteiger partial charge is 0.493 e. The molecule has 0 saturated heterocycles. The van der Waals surface area contributed by atoms with Gasteiger partial charge in [-0.05, 0) is 48.4 Å². The van der Waals surface area contributed by atoms with Gasteiger partial charge >= 0.3 is 0 Å². The lowest BCUT2D eigenvalue weighted by Crippen LogP contribution is -2.24. The Bertz CT molecular complexity index is 1030. The summed E-state index contributed by atoms with van der Waals surface area (Å²) in [5, 5.41) is 8.12. The van der Waals surface area contributed by atoms with Crippen molar-refractivity contribution in [2.45, 2.75) is 25.7 Å². The van der Waals surface area contributed by atoms with Crippen LogP contribution >= 0.6 is 11.6 Å². The number of carbonyl (C=O) groups excluding carboxylic acids is 1. The summed E-state index contributed by atoms with van der Waals surface area (Å²) in [7, 11) is 1.62. The number of fused-ring (bicyclic) bond motifs is 1. The molecule has 7 heteroatoms. The van der Waals surface area contributed by atoms with E-state index in [1.807, 2.05) is 36.5 Å². The molecule has 2 aromatic carbocycles. The van der Waals surface area contributed by atoms with Gasteiger partial charge in [0.05, 0.1) is 25.6 Å². The molecular weight excluding hydrogens is 390 g/mol. The van der Waals surface area contributed by atoms with Crippen molar-refractivity contribution in [1.29, 1.82) is 0 Å². The molecule has 0 saturated carbocycles. The third-order valence-electron chi connectivity index (χ3n) is 4.94. The highest BCUT2D eigenvalue weighted by molar-refractivity contribution is 6.30. The number of ether oxygens (including phenoxy) is 2. The minimum Gasteiger partial charge on any atom is -0.493 e. The molecule has 0 aliphatic carbocycles. The number of nitrogens with zero attached hydrogens (tertiary/aromatic N) is 2. The molecule has 1 aliphatic rings. The van der Waals surface area contributed by atoms with Crippen molar-refractivity contribution in [3.63, 3.8) is 0 Å². The Labute approximate surface area is 174 Å². The molecule has 1 atom stereocenters. The maximum absolute atomic E-state index is 12.5. The molecular formula is C22H22ClN3O3. The molecule has 0 fully saturated rings. The third kappa shape index (κ3) is 3.80. The number of aromatic nitrogens is 2. The molecule has 1 amide bonds. The maximum atomic E-state index is 12.5. The normalized spacial score (nSPS) is 15.6. The van der Waals surface area contributed by atoms with Crippen LogP contribution in [0.3, 0.4) is 0 Å². The molecule has 2 heterocycles. The molecule has 1 aliphatic heterocycles. The van der Waals surface area contributed by atoms with E-state index in [-0.39, 0.29) is 11.8 Å². The Morgan fingerprint density at radius 3 is 2.72 bits per heavy atom. The van der Waals surface area contributed by atoms with Crippen LogP contribution in [0.5, 0.6) is 11.5 Å². The third-order valence-corrected chi connectivity index (χ3v) is 5.20. The quantitative estimate of drug-likeness (QED) is 0.632. The summed E-state index contributed by atoms with van der Waals surface area (Å²) >= 11 is 5.99. The van der Waals surface area contributed by atoms with Crippen LogP contribution in [0.4, 0.5) is 5.82 Å². The van der Waals surface area contributed by atoms with Crippen LogP contribution < -0.4 is 14.8 Å². The Morgan fingerprint density at radius 2 is 2.00 bits per heavy atom. The summed E-state index contributed by atoms with van der Waals surface area (Å²) in [4.78, 5) is 12.5. The van der Waals surface area contributed by atoms with Crippen molar-refractivity contribution < 1.29 is 14.3 Å². The summed E-state index contributed by atoms with van der Waals surface area (Å²) < 4.78 is 13.0.